The Labute approximate surface area is 108 Å². The number of hydrogen-bond donors (Lipinski definition) is 0. The van der Waals surface area contributed by atoms with Crippen molar-refractivity contribution < 1.29 is 4.79 Å². The molecule has 92 valence electrons. The van der Waals surface area contributed by atoms with E-state index in [1.165, 1.54) is 5.57 Å². The third kappa shape index (κ3) is 4.27. The van der Waals surface area contributed by atoms with E-state index in [0.717, 1.165) is 16.2 Å². The van der Waals surface area contributed by atoms with E-state index in [1.807, 2.05) is 24.3 Å². The quantitative estimate of drug-likeness (QED) is 0.602. The van der Waals surface area contributed by atoms with Crippen molar-refractivity contribution in [1.29, 1.82) is 0 Å². The molecule has 0 saturated carbocycles. The smallest absolute Gasteiger partial charge is 0.254 e. The first-order chi connectivity index (χ1) is 8.02. The molecule has 3 heteroatoms. The maximum atomic E-state index is 12.0. The Morgan fingerprint density at radius 3 is 2.53 bits per heavy atom. The summed E-state index contributed by atoms with van der Waals surface area (Å²) < 4.78 is 0. The first-order valence-electron chi connectivity index (χ1n) is 5.59. The molecule has 0 atom stereocenters. The second-order valence-corrected chi connectivity index (χ2v) is 5.35. The highest BCUT2D eigenvalue weighted by Crippen LogP contribution is 2.23. The van der Waals surface area contributed by atoms with Gasteiger partial charge in [-0.1, -0.05) is 23.8 Å². The van der Waals surface area contributed by atoms with Gasteiger partial charge in [0.15, 0.2) is 0 Å². The first-order valence-corrected chi connectivity index (χ1v) is 6.57. The highest BCUT2D eigenvalue weighted by molar-refractivity contribution is 7.99. The minimum atomic E-state index is 0.0605. The van der Waals surface area contributed by atoms with E-state index in [4.69, 9.17) is 0 Å². The van der Waals surface area contributed by atoms with Crippen LogP contribution in [0.2, 0.25) is 0 Å². The monoisotopic (exact) mass is 249 g/mol. The zero-order valence-corrected chi connectivity index (χ0v) is 11.7. The largest absolute Gasteiger partial charge is 0.345 e. The fourth-order valence-electron chi connectivity index (χ4n) is 1.31. The molecule has 0 radical (unpaired) electrons. The Hall–Kier alpha value is -1.22. The summed E-state index contributed by atoms with van der Waals surface area (Å²) >= 11 is 1.70. The van der Waals surface area contributed by atoms with E-state index in [0.29, 0.717) is 0 Å². The highest BCUT2D eigenvalue weighted by atomic mass is 32.2. The lowest BCUT2D eigenvalue weighted by Crippen LogP contribution is -2.22. The molecule has 1 aromatic rings. The number of benzene rings is 1. The Kier molecular flexibility index (Phi) is 5.29. The molecule has 0 aliphatic rings. The van der Waals surface area contributed by atoms with Crippen LogP contribution in [0.25, 0.3) is 0 Å². The Morgan fingerprint density at radius 2 is 1.94 bits per heavy atom. The molecule has 0 aliphatic heterocycles. The van der Waals surface area contributed by atoms with E-state index < -0.39 is 0 Å². The van der Waals surface area contributed by atoms with Crippen LogP contribution in [-0.2, 0) is 0 Å². The van der Waals surface area contributed by atoms with Gasteiger partial charge in [-0.25, -0.2) is 0 Å². The molecule has 0 bridgehead atoms. The van der Waals surface area contributed by atoms with E-state index in [1.54, 1.807) is 30.8 Å². The predicted octanol–water partition coefficient (Wildman–Crippen LogP) is 3.45. The van der Waals surface area contributed by atoms with Gasteiger partial charge >= 0.3 is 0 Å². The van der Waals surface area contributed by atoms with Gasteiger partial charge in [-0.15, -0.1) is 11.8 Å². The van der Waals surface area contributed by atoms with Gasteiger partial charge in [0.25, 0.3) is 5.91 Å². The van der Waals surface area contributed by atoms with Crippen molar-refractivity contribution in [3.8, 4) is 0 Å². The second-order valence-electron chi connectivity index (χ2n) is 4.29. The summed E-state index contributed by atoms with van der Waals surface area (Å²) in [6, 6.07) is 7.76. The molecule has 0 N–H and O–H groups in total. The van der Waals surface area contributed by atoms with Crippen LogP contribution in [0, 0.1) is 0 Å². The molecule has 0 unspecified atom stereocenters. The van der Waals surface area contributed by atoms with Gasteiger partial charge in [0.1, 0.15) is 0 Å². The number of hydrogen-bond acceptors (Lipinski definition) is 2. The van der Waals surface area contributed by atoms with Gasteiger partial charge in [0, 0.05) is 24.7 Å². The number of thioether (sulfide) groups is 1. The third-order valence-corrected chi connectivity index (χ3v) is 3.25. The van der Waals surface area contributed by atoms with Gasteiger partial charge < -0.3 is 4.90 Å². The predicted molar refractivity (Wildman–Crippen MR) is 74.6 cm³/mol. The van der Waals surface area contributed by atoms with Crippen molar-refractivity contribution in [2.75, 3.05) is 19.8 Å². The zero-order chi connectivity index (χ0) is 12.8. The van der Waals surface area contributed by atoms with Crippen molar-refractivity contribution in [3.63, 3.8) is 0 Å². The van der Waals surface area contributed by atoms with Gasteiger partial charge in [-0.2, -0.15) is 0 Å². The topological polar surface area (TPSA) is 20.3 Å². The zero-order valence-electron chi connectivity index (χ0n) is 10.9. The highest BCUT2D eigenvalue weighted by Gasteiger charge is 2.12. The number of allylic oxidation sites excluding steroid dienone is 1. The molecule has 0 saturated heterocycles. The van der Waals surface area contributed by atoms with Crippen LogP contribution in [0.15, 0.2) is 40.8 Å². The SMILES string of the molecule is CC(C)=CCSc1ccccc1C(=O)N(C)C. The molecular weight excluding hydrogens is 230 g/mol. The maximum Gasteiger partial charge on any atom is 0.254 e. The molecule has 1 aromatic carbocycles. The number of amides is 1. The van der Waals surface area contributed by atoms with Gasteiger partial charge in [0.05, 0.1) is 5.56 Å². The molecule has 1 amide bonds. The van der Waals surface area contributed by atoms with Gasteiger partial charge in [-0.05, 0) is 26.0 Å². The van der Waals surface area contributed by atoms with E-state index in [-0.39, 0.29) is 5.91 Å². The van der Waals surface area contributed by atoms with Crippen LogP contribution in [0.3, 0.4) is 0 Å². The maximum absolute atomic E-state index is 12.0. The summed E-state index contributed by atoms with van der Waals surface area (Å²) in [5.74, 6) is 0.963. The molecule has 0 fully saturated rings. The molecule has 0 aromatic heterocycles. The first kappa shape index (κ1) is 13.8. The molecule has 0 spiro atoms. The van der Waals surface area contributed by atoms with Crippen molar-refractivity contribution in [2.24, 2.45) is 0 Å². The third-order valence-electron chi connectivity index (χ3n) is 2.25. The van der Waals surface area contributed by atoms with Crippen LogP contribution in [-0.4, -0.2) is 30.7 Å². The standard InChI is InChI=1S/C14H19NOS/c1-11(2)9-10-17-13-8-6-5-7-12(13)14(16)15(3)4/h5-9H,10H2,1-4H3. The summed E-state index contributed by atoms with van der Waals surface area (Å²) in [7, 11) is 3.56. The van der Waals surface area contributed by atoms with Crippen molar-refractivity contribution in [1.82, 2.24) is 4.90 Å². The van der Waals surface area contributed by atoms with Crippen LogP contribution >= 0.6 is 11.8 Å². The van der Waals surface area contributed by atoms with Crippen LogP contribution in [0.4, 0.5) is 0 Å². The van der Waals surface area contributed by atoms with E-state index in [2.05, 4.69) is 19.9 Å². The minimum Gasteiger partial charge on any atom is -0.345 e. The molecule has 0 aliphatic carbocycles. The van der Waals surface area contributed by atoms with Gasteiger partial charge in [0.2, 0.25) is 0 Å². The second kappa shape index (κ2) is 6.50. The number of carbonyl (C=O) groups is 1. The van der Waals surface area contributed by atoms with Crippen molar-refractivity contribution in [3.05, 3.63) is 41.5 Å². The lowest BCUT2D eigenvalue weighted by atomic mass is 10.2. The fourth-order valence-corrected chi connectivity index (χ4v) is 2.39. The van der Waals surface area contributed by atoms with Crippen LogP contribution in [0.5, 0.6) is 0 Å². The summed E-state index contributed by atoms with van der Waals surface area (Å²) in [6.07, 6.45) is 2.17. The molecular formula is C14H19NOS. The average Bonchev–Trinajstić information content (AvgIpc) is 2.28. The summed E-state index contributed by atoms with van der Waals surface area (Å²) in [4.78, 5) is 14.6. The normalized spacial score (nSPS) is 9.88. The Balaban J connectivity index is 2.85. The summed E-state index contributed by atoms with van der Waals surface area (Å²) in [5, 5.41) is 0. The number of nitrogens with zero attached hydrogens (tertiary/aromatic N) is 1. The average molecular weight is 249 g/mol. The lowest BCUT2D eigenvalue weighted by molar-refractivity contribution is 0.0824. The van der Waals surface area contributed by atoms with Crippen LogP contribution in [0.1, 0.15) is 24.2 Å². The molecule has 2 nitrogen and oxygen atoms in total. The summed E-state index contributed by atoms with van der Waals surface area (Å²) in [5.41, 5.74) is 2.08. The van der Waals surface area contributed by atoms with Gasteiger partial charge in [-0.3, -0.25) is 4.79 Å². The molecule has 17 heavy (non-hydrogen) atoms. The number of carbonyl (C=O) groups excluding carboxylic acids is 1. The van der Waals surface area contributed by atoms with E-state index >= 15 is 0 Å². The van der Waals surface area contributed by atoms with Crippen LogP contribution < -0.4 is 0 Å². The number of rotatable bonds is 4. The Bertz CT molecular complexity index is 420. The fraction of sp³-hybridized carbons (Fsp3) is 0.357. The summed E-state index contributed by atoms with van der Waals surface area (Å²) in [6.45, 7) is 4.16. The van der Waals surface area contributed by atoms with Crippen molar-refractivity contribution >= 4 is 17.7 Å². The minimum absolute atomic E-state index is 0.0605. The lowest BCUT2D eigenvalue weighted by Gasteiger charge is -2.13. The molecule has 0 heterocycles. The van der Waals surface area contributed by atoms with E-state index in [9.17, 15) is 4.79 Å². The van der Waals surface area contributed by atoms with Crippen molar-refractivity contribution in [2.45, 2.75) is 18.7 Å². The molecule has 1 rings (SSSR count). The Morgan fingerprint density at radius 1 is 1.29 bits per heavy atom.